The molecule has 0 fully saturated rings. The second-order valence-corrected chi connectivity index (χ2v) is 12.6. The lowest BCUT2D eigenvalue weighted by Crippen LogP contribution is -2.32. The number of carbonyl (C=O) groups is 3. The largest absolute Gasteiger partial charge is 0.497 e. The topological polar surface area (TPSA) is 87.7 Å². The van der Waals surface area contributed by atoms with Crippen molar-refractivity contribution in [2.24, 2.45) is 0 Å². The smallest absolute Gasteiger partial charge is 0.329 e. The molecule has 0 aromatic heterocycles. The van der Waals surface area contributed by atoms with Crippen LogP contribution in [0.3, 0.4) is 0 Å². The molecule has 0 saturated carbocycles. The number of amides is 3. The highest BCUT2D eigenvalue weighted by molar-refractivity contribution is 7.98. The Morgan fingerprint density at radius 2 is 1.64 bits per heavy atom. The summed E-state index contributed by atoms with van der Waals surface area (Å²) in [5.74, 6) is 0.417. The summed E-state index contributed by atoms with van der Waals surface area (Å²) in [6, 6.07) is 15.4. The molecule has 7 nitrogen and oxygen atoms in total. The Kier molecular flexibility index (Phi) is 8.92. The van der Waals surface area contributed by atoms with Crippen LogP contribution < -0.4 is 14.8 Å². The van der Waals surface area contributed by atoms with E-state index in [4.69, 9.17) is 4.74 Å². The van der Waals surface area contributed by atoms with E-state index in [1.165, 1.54) is 34.2 Å². The summed E-state index contributed by atoms with van der Waals surface area (Å²) in [4.78, 5) is 40.6. The number of fused-ring (bicyclic) bond motifs is 2. The number of hydrogen-bond acceptors (Lipinski definition) is 5. The molecule has 0 aliphatic heterocycles. The summed E-state index contributed by atoms with van der Waals surface area (Å²) < 4.78 is 8.28. The maximum atomic E-state index is 13.4. The summed E-state index contributed by atoms with van der Waals surface area (Å²) in [6.07, 6.45) is 8.11. The van der Waals surface area contributed by atoms with Crippen LogP contribution in [-0.4, -0.2) is 43.8 Å². The van der Waals surface area contributed by atoms with Crippen LogP contribution in [0.15, 0.2) is 53.4 Å². The first-order valence-electron chi connectivity index (χ1n) is 14.6. The second-order valence-electron chi connectivity index (χ2n) is 11.8. The van der Waals surface area contributed by atoms with Gasteiger partial charge in [0.25, 0.3) is 5.91 Å². The van der Waals surface area contributed by atoms with Gasteiger partial charge < -0.3 is 19.7 Å². The molecule has 0 saturated heterocycles. The molecule has 0 bridgehead atoms. The molecular formula is C34H39N3O4S. The van der Waals surface area contributed by atoms with Crippen molar-refractivity contribution in [1.29, 1.82) is 0 Å². The van der Waals surface area contributed by atoms with Gasteiger partial charge >= 0.3 is 6.03 Å². The van der Waals surface area contributed by atoms with E-state index in [1.807, 2.05) is 24.3 Å². The van der Waals surface area contributed by atoms with Crippen LogP contribution in [0.1, 0.15) is 70.4 Å². The van der Waals surface area contributed by atoms with Crippen LogP contribution in [0, 0.1) is 0 Å². The minimum Gasteiger partial charge on any atom is -0.497 e. The van der Waals surface area contributed by atoms with Crippen molar-refractivity contribution in [2.75, 3.05) is 26.0 Å². The highest BCUT2D eigenvalue weighted by atomic mass is 32.2. The maximum Gasteiger partial charge on any atom is 0.329 e. The fourth-order valence-electron chi connectivity index (χ4n) is 5.99. The highest BCUT2D eigenvalue weighted by Gasteiger charge is 2.28. The Labute approximate surface area is 252 Å². The van der Waals surface area contributed by atoms with E-state index in [-0.39, 0.29) is 11.9 Å². The first kappa shape index (κ1) is 29.7. The highest BCUT2D eigenvalue weighted by Crippen LogP contribution is 2.38. The number of anilines is 1. The third-order valence-electron chi connectivity index (χ3n) is 8.43. The van der Waals surface area contributed by atoms with E-state index in [0.717, 1.165) is 61.0 Å². The number of likely N-dealkylation sites (N-methyl/N-ethyl adjacent to an activating group) is 1. The predicted octanol–water partition coefficient (Wildman–Crippen LogP) is 6.29. The molecule has 3 aromatic rings. The van der Waals surface area contributed by atoms with Crippen LogP contribution in [0.5, 0.6) is 5.75 Å². The normalized spacial score (nSPS) is 13.7. The van der Waals surface area contributed by atoms with Gasteiger partial charge in [-0.05, 0) is 128 Å². The van der Waals surface area contributed by atoms with Crippen molar-refractivity contribution < 1.29 is 19.1 Å². The molecule has 2 aliphatic rings. The van der Waals surface area contributed by atoms with Crippen LogP contribution in [0.2, 0.25) is 0 Å². The molecule has 0 unspecified atom stereocenters. The Morgan fingerprint density at radius 1 is 0.976 bits per heavy atom. The fraction of sp³-hybridized carbons (Fsp3) is 0.382. The number of methoxy groups -OCH3 is 1. The third kappa shape index (κ3) is 6.33. The van der Waals surface area contributed by atoms with Crippen molar-refractivity contribution in [3.05, 3.63) is 87.5 Å². The molecule has 2 N–H and O–H groups in total. The van der Waals surface area contributed by atoms with E-state index in [2.05, 4.69) is 16.1 Å². The number of aldehydes is 1. The van der Waals surface area contributed by atoms with Crippen molar-refractivity contribution in [2.45, 2.75) is 69.1 Å². The van der Waals surface area contributed by atoms with Gasteiger partial charge in [0.05, 0.1) is 7.11 Å². The molecule has 2 aliphatic carbocycles. The monoisotopic (exact) mass is 585 g/mol. The molecular weight excluding hydrogens is 546 g/mol. The lowest BCUT2D eigenvalue weighted by atomic mass is 9.82. The predicted molar refractivity (Wildman–Crippen MR) is 168 cm³/mol. The lowest BCUT2D eigenvalue weighted by molar-refractivity contribution is -0.111. The molecule has 220 valence electrons. The maximum absolute atomic E-state index is 13.4. The standard InChI is InChI=1S/C34H39N3O4S/c1-34(2,21-38)30-16-13-25(41-4)20-29(30)32(39)37(3)18-17-22-11-14-26(15-12-22)42-36-33(40)35-31-27-9-5-7-23(27)19-24-8-6-10-28(24)31/h11-16,19-21H,5-10,17-18H2,1-4H3,(H2,35,36,40). The number of hydrogen-bond donors (Lipinski definition) is 2. The first-order valence-corrected chi connectivity index (χ1v) is 15.4. The Morgan fingerprint density at radius 3 is 2.26 bits per heavy atom. The van der Waals surface area contributed by atoms with Gasteiger partial charge in [-0.1, -0.05) is 24.3 Å². The van der Waals surface area contributed by atoms with Gasteiger partial charge in [0, 0.05) is 35.2 Å². The van der Waals surface area contributed by atoms with E-state index in [1.54, 1.807) is 51.1 Å². The van der Waals surface area contributed by atoms with E-state index in [0.29, 0.717) is 29.8 Å². The number of carbonyl (C=O) groups excluding carboxylic acids is 3. The molecule has 0 atom stereocenters. The second kappa shape index (κ2) is 12.6. The molecule has 8 heteroatoms. The molecule has 3 aromatic carbocycles. The number of urea groups is 1. The summed E-state index contributed by atoms with van der Waals surface area (Å²) in [5, 5.41) is 3.17. The van der Waals surface area contributed by atoms with E-state index < -0.39 is 5.41 Å². The Hall–Kier alpha value is -3.78. The first-order chi connectivity index (χ1) is 20.2. The Balaban J connectivity index is 1.16. The number of rotatable bonds is 10. The van der Waals surface area contributed by atoms with Crippen LogP contribution in [0.25, 0.3) is 0 Å². The molecule has 0 radical (unpaired) electrons. The van der Waals surface area contributed by atoms with Crippen molar-refractivity contribution in [3.8, 4) is 5.75 Å². The summed E-state index contributed by atoms with van der Waals surface area (Å²) in [6.45, 7) is 4.11. The average molecular weight is 586 g/mol. The number of ether oxygens (including phenoxy) is 1. The lowest BCUT2D eigenvalue weighted by Gasteiger charge is -2.25. The third-order valence-corrected chi connectivity index (χ3v) is 9.22. The zero-order valence-electron chi connectivity index (χ0n) is 24.8. The zero-order valence-corrected chi connectivity index (χ0v) is 25.7. The SMILES string of the molecule is COc1ccc(C(C)(C)C=O)c(C(=O)N(C)CCc2ccc(SNC(=O)Nc3c4c(cc5c3CCC5)CCC4)cc2)c1. The summed E-state index contributed by atoms with van der Waals surface area (Å²) in [5.41, 5.74) is 7.91. The molecule has 42 heavy (non-hydrogen) atoms. The minimum atomic E-state index is -0.794. The van der Waals surface area contributed by atoms with E-state index in [9.17, 15) is 14.4 Å². The molecule has 5 rings (SSSR count). The van der Waals surface area contributed by atoms with Gasteiger partial charge in [0.1, 0.15) is 12.0 Å². The van der Waals surface area contributed by atoms with Gasteiger partial charge in [0.15, 0.2) is 0 Å². The van der Waals surface area contributed by atoms with Crippen LogP contribution in [0.4, 0.5) is 10.5 Å². The number of benzene rings is 3. The fourth-order valence-corrected chi connectivity index (χ4v) is 6.53. The van der Waals surface area contributed by atoms with E-state index >= 15 is 0 Å². The quantitative estimate of drug-likeness (QED) is 0.216. The van der Waals surface area contributed by atoms with Crippen LogP contribution in [-0.2, 0) is 42.3 Å². The van der Waals surface area contributed by atoms with Crippen LogP contribution >= 0.6 is 11.9 Å². The van der Waals surface area contributed by atoms with Gasteiger partial charge in [-0.25, -0.2) is 4.79 Å². The zero-order chi connectivity index (χ0) is 29.9. The van der Waals surface area contributed by atoms with Gasteiger partial charge in [-0.15, -0.1) is 0 Å². The molecule has 0 heterocycles. The molecule has 3 amide bonds. The number of nitrogens with one attached hydrogen (secondary N) is 2. The van der Waals surface area contributed by atoms with Crippen molar-refractivity contribution in [1.82, 2.24) is 9.62 Å². The number of nitrogens with zero attached hydrogens (tertiary/aromatic N) is 1. The molecule has 0 spiro atoms. The van der Waals surface area contributed by atoms with Gasteiger partial charge in [-0.3, -0.25) is 9.52 Å². The number of aryl methyl sites for hydroxylation is 2. The van der Waals surface area contributed by atoms with Gasteiger partial charge in [-0.2, -0.15) is 0 Å². The van der Waals surface area contributed by atoms with Gasteiger partial charge in [0.2, 0.25) is 0 Å². The van der Waals surface area contributed by atoms with Crippen molar-refractivity contribution >= 4 is 35.9 Å². The minimum absolute atomic E-state index is 0.157. The Bertz CT molecular complexity index is 1470. The summed E-state index contributed by atoms with van der Waals surface area (Å²) >= 11 is 1.29. The summed E-state index contributed by atoms with van der Waals surface area (Å²) in [7, 11) is 3.32. The average Bonchev–Trinajstić information content (AvgIpc) is 3.68. The van der Waals surface area contributed by atoms with Crippen molar-refractivity contribution in [3.63, 3.8) is 0 Å².